The van der Waals surface area contributed by atoms with Crippen LogP contribution in [0.4, 0.5) is 9.18 Å². The lowest BCUT2D eigenvalue weighted by Gasteiger charge is -2.20. The first-order chi connectivity index (χ1) is 10.4. The topological polar surface area (TPSA) is 47.6 Å². The average Bonchev–Trinajstić information content (AvgIpc) is 2.44. The van der Waals surface area contributed by atoms with Gasteiger partial charge in [0.15, 0.2) is 11.6 Å². The van der Waals surface area contributed by atoms with Gasteiger partial charge in [-0.25, -0.2) is 9.18 Å². The Morgan fingerprint density at radius 2 is 1.86 bits per heavy atom. The van der Waals surface area contributed by atoms with Gasteiger partial charge in [-0.15, -0.1) is 0 Å². The molecule has 0 saturated heterocycles. The number of hydrogen-bond acceptors (Lipinski definition) is 3. The van der Waals surface area contributed by atoms with Crippen molar-refractivity contribution in [2.75, 3.05) is 13.2 Å². The van der Waals surface area contributed by atoms with E-state index in [4.69, 9.17) is 9.47 Å². The summed E-state index contributed by atoms with van der Waals surface area (Å²) in [5, 5.41) is 3.98. The fourth-order valence-corrected chi connectivity index (χ4v) is 1.95. The minimum Gasteiger partial charge on any atom is -0.487 e. The number of rotatable bonds is 4. The fraction of sp³-hybridized carbons (Fsp3) is 0.353. The second-order valence-corrected chi connectivity index (χ2v) is 5.96. The molecule has 0 aliphatic heterocycles. The van der Waals surface area contributed by atoms with Gasteiger partial charge in [-0.2, -0.15) is 0 Å². The second-order valence-electron chi connectivity index (χ2n) is 5.96. The highest BCUT2D eigenvalue weighted by Crippen LogP contribution is 2.26. The molecule has 0 fully saturated rings. The van der Waals surface area contributed by atoms with Gasteiger partial charge in [-0.1, -0.05) is 30.3 Å². The third-order valence-electron chi connectivity index (χ3n) is 2.88. The van der Waals surface area contributed by atoms with Gasteiger partial charge in [-0.05, 0) is 32.2 Å². The van der Waals surface area contributed by atoms with Gasteiger partial charge in [-0.3, -0.25) is 0 Å². The number of carbonyl (C=O) groups is 1. The van der Waals surface area contributed by atoms with E-state index in [0.29, 0.717) is 5.39 Å². The Morgan fingerprint density at radius 3 is 2.59 bits per heavy atom. The predicted molar refractivity (Wildman–Crippen MR) is 83.6 cm³/mol. The van der Waals surface area contributed by atoms with Gasteiger partial charge in [0.05, 0.1) is 0 Å². The molecule has 2 aromatic carbocycles. The van der Waals surface area contributed by atoms with Crippen molar-refractivity contribution in [3.8, 4) is 5.75 Å². The molecule has 1 N–H and O–H groups in total. The van der Waals surface area contributed by atoms with E-state index >= 15 is 0 Å². The molecule has 5 heteroatoms. The van der Waals surface area contributed by atoms with E-state index in [9.17, 15) is 9.18 Å². The van der Waals surface area contributed by atoms with Crippen LogP contribution in [0, 0.1) is 5.82 Å². The summed E-state index contributed by atoms with van der Waals surface area (Å²) in [5.74, 6) is -0.254. The molecule has 0 radical (unpaired) electrons. The third-order valence-corrected chi connectivity index (χ3v) is 2.88. The van der Waals surface area contributed by atoms with Crippen molar-refractivity contribution in [1.29, 1.82) is 0 Å². The van der Waals surface area contributed by atoms with Crippen molar-refractivity contribution < 1.29 is 18.7 Å². The summed E-state index contributed by atoms with van der Waals surface area (Å²) in [4.78, 5) is 11.4. The van der Waals surface area contributed by atoms with Crippen LogP contribution in [-0.2, 0) is 4.74 Å². The molecule has 0 heterocycles. The summed E-state index contributed by atoms with van der Waals surface area (Å²) < 4.78 is 24.5. The van der Waals surface area contributed by atoms with Crippen LogP contribution in [0.25, 0.3) is 10.8 Å². The largest absolute Gasteiger partial charge is 0.487 e. The van der Waals surface area contributed by atoms with Gasteiger partial charge in [0.1, 0.15) is 13.2 Å². The van der Waals surface area contributed by atoms with Crippen LogP contribution in [0.2, 0.25) is 0 Å². The maximum absolute atomic E-state index is 14.2. The molecule has 0 saturated carbocycles. The van der Waals surface area contributed by atoms with Crippen molar-refractivity contribution in [2.45, 2.75) is 26.3 Å². The van der Waals surface area contributed by atoms with Crippen LogP contribution in [-0.4, -0.2) is 24.8 Å². The Balaban J connectivity index is 1.88. The Kier molecular flexibility index (Phi) is 4.85. The summed E-state index contributed by atoms with van der Waals surface area (Å²) in [7, 11) is 0. The summed E-state index contributed by atoms with van der Waals surface area (Å²) >= 11 is 0. The fourth-order valence-electron chi connectivity index (χ4n) is 1.95. The van der Waals surface area contributed by atoms with E-state index in [-0.39, 0.29) is 24.5 Å². The number of amides is 1. The Bertz CT molecular complexity index is 664. The third kappa shape index (κ3) is 4.35. The smallest absolute Gasteiger partial charge is 0.407 e. The van der Waals surface area contributed by atoms with Crippen molar-refractivity contribution in [1.82, 2.24) is 5.32 Å². The second kappa shape index (κ2) is 6.64. The number of ether oxygens (including phenoxy) is 2. The summed E-state index contributed by atoms with van der Waals surface area (Å²) in [6, 6.07) is 10.5. The molecule has 4 nitrogen and oxygen atoms in total. The van der Waals surface area contributed by atoms with Crippen molar-refractivity contribution >= 4 is 16.9 Å². The maximum atomic E-state index is 14.2. The molecule has 22 heavy (non-hydrogen) atoms. The zero-order valence-corrected chi connectivity index (χ0v) is 13.0. The van der Waals surface area contributed by atoms with Crippen LogP contribution in [0.1, 0.15) is 20.8 Å². The minimum absolute atomic E-state index is 0.0498. The normalized spacial score (nSPS) is 11.3. The first-order valence-electron chi connectivity index (χ1n) is 7.12. The van der Waals surface area contributed by atoms with Crippen molar-refractivity contribution in [2.24, 2.45) is 0 Å². The van der Waals surface area contributed by atoms with Crippen LogP contribution < -0.4 is 10.1 Å². The van der Waals surface area contributed by atoms with E-state index in [1.54, 1.807) is 24.3 Å². The Labute approximate surface area is 129 Å². The van der Waals surface area contributed by atoms with E-state index < -0.39 is 11.9 Å². The van der Waals surface area contributed by atoms with Crippen LogP contribution in [0.3, 0.4) is 0 Å². The van der Waals surface area contributed by atoms with E-state index in [1.807, 2.05) is 32.9 Å². The molecular weight excluding hydrogens is 285 g/mol. The maximum Gasteiger partial charge on any atom is 0.407 e. The van der Waals surface area contributed by atoms with Crippen LogP contribution in [0.5, 0.6) is 5.75 Å². The van der Waals surface area contributed by atoms with Crippen molar-refractivity contribution in [3.05, 3.63) is 42.2 Å². The quantitative estimate of drug-likeness (QED) is 0.872. The summed E-state index contributed by atoms with van der Waals surface area (Å²) in [5.41, 5.74) is -0.359. The van der Waals surface area contributed by atoms with E-state index in [1.165, 1.54) is 0 Å². The average molecular weight is 305 g/mol. The SMILES string of the molecule is CC(C)(C)NC(=O)OCCOc1ccc2ccccc2c1F. The van der Waals surface area contributed by atoms with Gasteiger partial charge >= 0.3 is 6.09 Å². The van der Waals surface area contributed by atoms with Gasteiger partial charge in [0, 0.05) is 10.9 Å². The number of halogens is 1. The lowest BCUT2D eigenvalue weighted by Crippen LogP contribution is -2.41. The molecule has 0 aliphatic carbocycles. The van der Waals surface area contributed by atoms with Gasteiger partial charge in [0.2, 0.25) is 0 Å². The molecular formula is C17H20FNO3. The van der Waals surface area contributed by atoms with Crippen LogP contribution >= 0.6 is 0 Å². The van der Waals surface area contributed by atoms with Crippen molar-refractivity contribution in [3.63, 3.8) is 0 Å². The van der Waals surface area contributed by atoms with E-state index in [0.717, 1.165) is 5.39 Å². The summed E-state index contributed by atoms with van der Waals surface area (Å²) in [6.45, 7) is 5.71. The first kappa shape index (κ1) is 16.1. The highest BCUT2D eigenvalue weighted by molar-refractivity contribution is 5.84. The zero-order valence-electron chi connectivity index (χ0n) is 13.0. The standard InChI is InChI=1S/C17H20FNO3/c1-17(2,3)19-16(20)22-11-10-21-14-9-8-12-6-4-5-7-13(12)15(14)18/h4-9H,10-11H2,1-3H3,(H,19,20). The van der Waals surface area contributed by atoms with Gasteiger partial charge in [0.25, 0.3) is 0 Å². The molecule has 0 atom stereocenters. The molecule has 2 aromatic rings. The highest BCUT2D eigenvalue weighted by Gasteiger charge is 2.14. The summed E-state index contributed by atoms with van der Waals surface area (Å²) in [6.07, 6.45) is -0.518. The molecule has 2 rings (SSSR count). The monoisotopic (exact) mass is 305 g/mol. The Morgan fingerprint density at radius 1 is 1.14 bits per heavy atom. The number of benzene rings is 2. The number of fused-ring (bicyclic) bond motifs is 1. The first-order valence-corrected chi connectivity index (χ1v) is 7.12. The predicted octanol–water partition coefficient (Wildman–Crippen LogP) is 3.88. The number of nitrogens with one attached hydrogen (secondary N) is 1. The molecule has 118 valence electrons. The molecule has 0 aromatic heterocycles. The number of alkyl carbamates (subject to hydrolysis) is 1. The van der Waals surface area contributed by atoms with Gasteiger partial charge < -0.3 is 14.8 Å². The van der Waals surface area contributed by atoms with E-state index in [2.05, 4.69) is 5.32 Å². The minimum atomic E-state index is -0.518. The molecule has 0 bridgehead atoms. The number of carbonyl (C=O) groups excluding carboxylic acids is 1. The lowest BCUT2D eigenvalue weighted by atomic mass is 10.1. The Hall–Kier alpha value is -2.30. The zero-order chi connectivity index (χ0) is 16.2. The highest BCUT2D eigenvalue weighted by atomic mass is 19.1. The van der Waals surface area contributed by atoms with Crippen LogP contribution in [0.15, 0.2) is 36.4 Å². The molecule has 0 unspecified atom stereocenters. The molecule has 0 spiro atoms. The lowest BCUT2D eigenvalue weighted by molar-refractivity contribution is 0.117. The molecule has 1 amide bonds. The molecule has 0 aliphatic rings. The number of hydrogen-bond donors (Lipinski definition) is 1.